The van der Waals surface area contributed by atoms with Crippen LogP contribution < -0.4 is 5.32 Å². The number of hydrogen-bond donors (Lipinski definition) is 1. The number of carbonyl (C=O) groups is 1. The molecule has 1 atom stereocenters. The van der Waals surface area contributed by atoms with Crippen molar-refractivity contribution < 1.29 is 22.9 Å². The summed E-state index contributed by atoms with van der Waals surface area (Å²) in [7, 11) is 0. The number of anilines is 1. The van der Waals surface area contributed by atoms with Crippen molar-refractivity contribution in [2.45, 2.75) is 49.3 Å². The van der Waals surface area contributed by atoms with Gasteiger partial charge in [-0.15, -0.1) is 10.2 Å². The van der Waals surface area contributed by atoms with Crippen LogP contribution in [0, 0.1) is 17.0 Å². The Morgan fingerprint density at radius 1 is 1.39 bits per heavy atom. The van der Waals surface area contributed by atoms with Crippen molar-refractivity contribution in [2.24, 2.45) is 0 Å². The fourth-order valence-corrected chi connectivity index (χ4v) is 3.58. The van der Waals surface area contributed by atoms with Gasteiger partial charge < -0.3 is 9.88 Å². The molecule has 1 aromatic carbocycles. The molecule has 0 bridgehead atoms. The lowest BCUT2D eigenvalue weighted by atomic mass is 10.1. The van der Waals surface area contributed by atoms with Crippen molar-refractivity contribution >= 4 is 29.0 Å². The Labute approximate surface area is 161 Å². The SMILES string of the molecule is Cc1nnc(S[C@@H](C)C(=O)Nc2ccc([N+](=O)[O-])cc2C(F)(F)F)n1C1CC1. The molecule has 1 heterocycles. The minimum absolute atomic E-state index is 0.291. The van der Waals surface area contributed by atoms with E-state index in [1.165, 1.54) is 0 Å². The van der Waals surface area contributed by atoms with Crippen LogP contribution in [0.15, 0.2) is 23.4 Å². The van der Waals surface area contributed by atoms with E-state index in [-0.39, 0.29) is 0 Å². The number of aromatic nitrogens is 3. The number of nitro benzene ring substituents is 1. The molecule has 150 valence electrons. The molecule has 12 heteroatoms. The van der Waals surface area contributed by atoms with E-state index >= 15 is 0 Å². The molecule has 0 radical (unpaired) electrons. The number of nitro groups is 1. The van der Waals surface area contributed by atoms with Gasteiger partial charge >= 0.3 is 6.18 Å². The van der Waals surface area contributed by atoms with Gasteiger partial charge in [0.2, 0.25) is 5.91 Å². The number of aryl methyl sites for hydroxylation is 1. The number of thioether (sulfide) groups is 1. The number of hydrogen-bond acceptors (Lipinski definition) is 6. The van der Waals surface area contributed by atoms with Gasteiger partial charge in [0.1, 0.15) is 5.82 Å². The number of non-ortho nitro benzene ring substituents is 1. The Kier molecular flexibility index (Phi) is 5.33. The van der Waals surface area contributed by atoms with E-state index < -0.39 is 39.2 Å². The van der Waals surface area contributed by atoms with Gasteiger partial charge in [0.15, 0.2) is 5.16 Å². The highest BCUT2D eigenvalue weighted by atomic mass is 32.2. The van der Waals surface area contributed by atoms with Gasteiger partial charge in [0.05, 0.1) is 21.4 Å². The molecule has 0 unspecified atom stereocenters. The van der Waals surface area contributed by atoms with Crippen molar-refractivity contribution in [1.82, 2.24) is 14.8 Å². The molecule has 8 nitrogen and oxygen atoms in total. The molecule has 1 N–H and O–H groups in total. The first-order valence-corrected chi connectivity index (χ1v) is 9.20. The second-order valence-corrected chi connectivity index (χ2v) is 7.67. The van der Waals surface area contributed by atoms with Crippen LogP contribution in [0.4, 0.5) is 24.5 Å². The van der Waals surface area contributed by atoms with Crippen molar-refractivity contribution in [3.8, 4) is 0 Å². The molecular formula is C16H16F3N5O3S. The van der Waals surface area contributed by atoms with E-state index in [0.717, 1.165) is 36.7 Å². The average Bonchev–Trinajstić information content (AvgIpc) is 3.37. The Morgan fingerprint density at radius 2 is 2.07 bits per heavy atom. The van der Waals surface area contributed by atoms with Gasteiger partial charge in [-0.1, -0.05) is 11.8 Å². The Hall–Kier alpha value is -2.63. The number of halogens is 3. The highest BCUT2D eigenvalue weighted by Crippen LogP contribution is 2.40. The largest absolute Gasteiger partial charge is 0.418 e. The zero-order valence-corrected chi connectivity index (χ0v) is 15.7. The Morgan fingerprint density at radius 3 is 2.64 bits per heavy atom. The number of amides is 1. The van der Waals surface area contributed by atoms with Crippen LogP contribution >= 0.6 is 11.8 Å². The van der Waals surface area contributed by atoms with Gasteiger partial charge in [-0.2, -0.15) is 13.2 Å². The lowest BCUT2D eigenvalue weighted by Crippen LogP contribution is -2.24. The predicted molar refractivity (Wildman–Crippen MR) is 95.1 cm³/mol. The fraction of sp³-hybridized carbons (Fsp3) is 0.438. The maximum absolute atomic E-state index is 13.2. The van der Waals surface area contributed by atoms with Crippen LogP contribution in [0.25, 0.3) is 0 Å². The van der Waals surface area contributed by atoms with Gasteiger partial charge in [-0.25, -0.2) is 0 Å². The van der Waals surface area contributed by atoms with Gasteiger partial charge in [0.25, 0.3) is 5.69 Å². The fourth-order valence-electron chi connectivity index (χ4n) is 2.62. The maximum Gasteiger partial charge on any atom is 0.418 e. The molecule has 1 amide bonds. The molecular weight excluding hydrogens is 399 g/mol. The first kappa shape index (κ1) is 20.1. The topological polar surface area (TPSA) is 103 Å². The zero-order valence-electron chi connectivity index (χ0n) is 14.9. The molecule has 1 saturated carbocycles. The molecule has 1 aliphatic rings. The standard InChI is InChI=1S/C16H16F3N5O3S/c1-8(28-15-22-21-9(2)23(15)10-3-4-10)14(25)20-13-6-5-11(24(26)27)7-12(13)16(17,18)19/h5-8,10H,3-4H2,1-2H3,(H,20,25)/t8-/m0/s1. The molecule has 1 aromatic heterocycles. The number of benzene rings is 1. The van der Waals surface area contributed by atoms with Crippen LogP contribution in [0.2, 0.25) is 0 Å². The summed E-state index contributed by atoms with van der Waals surface area (Å²) in [4.78, 5) is 22.3. The van der Waals surface area contributed by atoms with Gasteiger partial charge in [-0.05, 0) is 32.8 Å². The summed E-state index contributed by atoms with van der Waals surface area (Å²) in [5.74, 6) is 0.0414. The van der Waals surface area contributed by atoms with Crippen molar-refractivity contribution in [3.05, 3.63) is 39.7 Å². The number of nitrogens with zero attached hydrogens (tertiary/aromatic N) is 4. The summed E-state index contributed by atoms with van der Waals surface area (Å²) >= 11 is 1.10. The van der Waals surface area contributed by atoms with E-state index in [4.69, 9.17) is 0 Å². The van der Waals surface area contributed by atoms with E-state index in [0.29, 0.717) is 23.1 Å². The lowest BCUT2D eigenvalue weighted by molar-refractivity contribution is -0.385. The predicted octanol–water partition coefficient (Wildman–Crippen LogP) is 3.97. The number of nitrogens with one attached hydrogen (secondary N) is 1. The molecule has 1 aliphatic carbocycles. The Balaban J connectivity index is 1.78. The van der Waals surface area contributed by atoms with E-state index in [1.807, 2.05) is 4.57 Å². The molecule has 2 aromatic rings. The van der Waals surface area contributed by atoms with Crippen molar-refractivity contribution in [1.29, 1.82) is 0 Å². The summed E-state index contributed by atoms with van der Waals surface area (Å²) in [6.07, 6.45) is -2.87. The monoisotopic (exact) mass is 415 g/mol. The normalized spacial score (nSPS) is 15.3. The van der Waals surface area contributed by atoms with Crippen LogP contribution in [-0.4, -0.2) is 30.8 Å². The summed E-state index contributed by atoms with van der Waals surface area (Å²) in [5.41, 5.74) is -2.51. The number of alkyl halides is 3. The molecule has 0 aliphatic heterocycles. The summed E-state index contributed by atoms with van der Waals surface area (Å²) < 4.78 is 41.6. The number of carbonyl (C=O) groups excluding carboxylic acids is 1. The second-order valence-electron chi connectivity index (χ2n) is 6.37. The minimum Gasteiger partial charge on any atom is -0.325 e. The molecule has 3 rings (SSSR count). The van der Waals surface area contributed by atoms with Crippen LogP contribution in [0.1, 0.15) is 37.2 Å². The summed E-state index contributed by atoms with van der Waals surface area (Å²) in [6, 6.07) is 2.49. The second kappa shape index (κ2) is 7.41. The Bertz CT molecular complexity index is 927. The third kappa shape index (κ3) is 4.26. The molecule has 28 heavy (non-hydrogen) atoms. The zero-order chi connectivity index (χ0) is 20.6. The van der Waals surface area contributed by atoms with Crippen LogP contribution in [-0.2, 0) is 11.0 Å². The lowest BCUT2D eigenvalue weighted by Gasteiger charge is -2.16. The quantitative estimate of drug-likeness (QED) is 0.435. The highest BCUT2D eigenvalue weighted by molar-refractivity contribution is 8.00. The summed E-state index contributed by atoms with van der Waals surface area (Å²) in [5, 5.41) is 20.8. The maximum atomic E-state index is 13.2. The van der Waals surface area contributed by atoms with Gasteiger partial charge in [-0.3, -0.25) is 14.9 Å². The molecule has 0 spiro atoms. The molecule has 1 fully saturated rings. The van der Waals surface area contributed by atoms with Crippen molar-refractivity contribution in [2.75, 3.05) is 5.32 Å². The van der Waals surface area contributed by atoms with E-state index in [1.54, 1.807) is 13.8 Å². The molecule has 0 saturated heterocycles. The first-order chi connectivity index (χ1) is 13.1. The van der Waals surface area contributed by atoms with E-state index in [9.17, 15) is 28.1 Å². The van der Waals surface area contributed by atoms with Crippen LogP contribution in [0.3, 0.4) is 0 Å². The number of rotatable bonds is 6. The third-order valence-electron chi connectivity index (χ3n) is 4.18. The van der Waals surface area contributed by atoms with Crippen molar-refractivity contribution in [3.63, 3.8) is 0 Å². The minimum atomic E-state index is -4.85. The first-order valence-electron chi connectivity index (χ1n) is 8.32. The van der Waals surface area contributed by atoms with Crippen LogP contribution in [0.5, 0.6) is 0 Å². The van der Waals surface area contributed by atoms with Gasteiger partial charge in [0, 0.05) is 18.2 Å². The summed E-state index contributed by atoms with van der Waals surface area (Å²) in [6.45, 7) is 3.34. The van der Waals surface area contributed by atoms with E-state index in [2.05, 4.69) is 15.5 Å². The third-order valence-corrected chi connectivity index (χ3v) is 5.23. The average molecular weight is 415 g/mol. The highest BCUT2D eigenvalue weighted by Gasteiger charge is 2.36. The smallest absolute Gasteiger partial charge is 0.325 e.